The maximum atomic E-state index is 13.6. The Kier molecular flexibility index (Phi) is 9.79. The molecular weight excluding hydrogens is 456 g/mol. The fourth-order valence-corrected chi connectivity index (χ4v) is 5.37. The first-order chi connectivity index (χ1) is 16.7. The van der Waals surface area contributed by atoms with E-state index in [1.165, 1.54) is 16.0 Å². The van der Waals surface area contributed by atoms with Gasteiger partial charge in [0.2, 0.25) is 11.8 Å². The van der Waals surface area contributed by atoms with Crippen LogP contribution in [-0.4, -0.2) is 47.9 Å². The molecule has 0 saturated heterocycles. The quantitative estimate of drug-likeness (QED) is 0.365. The lowest BCUT2D eigenvalue weighted by molar-refractivity contribution is -0.143. The molecular formula is C29H42N2O3S. The maximum Gasteiger partial charge on any atom is 0.242 e. The molecule has 192 valence electrons. The first-order valence-corrected chi connectivity index (χ1v) is 13.9. The average molecular weight is 499 g/mol. The molecule has 0 N–H and O–H groups in total. The van der Waals surface area contributed by atoms with Gasteiger partial charge in [0.1, 0.15) is 12.4 Å². The third kappa shape index (κ3) is 7.57. The van der Waals surface area contributed by atoms with E-state index in [-0.39, 0.29) is 30.3 Å². The highest BCUT2D eigenvalue weighted by Crippen LogP contribution is 2.34. The molecule has 1 aromatic carbocycles. The maximum absolute atomic E-state index is 13.6. The van der Waals surface area contributed by atoms with Crippen LogP contribution >= 0.6 is 11.3 Å². The minimum Gasteiger partial charge on any atom is -0.491 e. The smallest absolute Gasteiger partial charge is 0.242 e. The molecule has 0 spiro atoms. The lowest BCUT2D eigenvalue weighted by atomic mass is 10.00. The van der Waals surface area contributed by atoms with Crippen LogP contribution in [0.2, 0.25) is 0 Å². The number of hydrogen-bond donors (Lipinski definition) is 0. The van der Waals surface area contributed by atoms with E-state index in [2.05, 4.69) is 51.3 Å². The number of thiophene rings is 1. The van der Waals surface area contributed by atoms with Crippen LogP contribution in [0.15, 0.2) is 35.7 Å². The fourth-order valence-electron chi connectivity index (χ4n) is 4.44. The second-order valence-electron chi connectivity index (χ2n) is 10.8. The summed E-state index contributed by atoms with van der Waals surface area (Å²) in [4.78, 5) is 31.6. The van der Waals surface area contributed by atoms with Crippen molar-refractivity contribution in [2.45, 2.75) is 72.8 Å². The number of carbonyl (C=O) groups excluding carboxylic acids is 2. The van der Waals surface area contributed by atoms with Crippen molar-refractivity contribution in [1.29, 1.82) is 0 Å². The lowest BCUT2D eigenvalue weighted by Crippen LogP contribution is -2.48. The van der Waals surface area contributed by atoms with Gasteiger partial charge in [0.05, 0.1) is 12.6 Å². The van der Waals surface area contributed by atoms with E-state index in [1.54, 1.807) is 16.2 Å². The molecule has 0 fully saturated rings. The number of benzene rings is 1. The summed E-state index contributed by atoms with van der Waals surface area (Å²) in [6, 6.07) is 10.2. The van der Waals surface area contributed by atoms with E-state index in [4.69, 9.17) is 4.74 Å². The zero-order chi connectivity index (χ0) is 25.5. The van der Waals surface area contributed by atoms with E-state index in [1.807, 2.05) is 30.9 Å². The zero-order valence-corrected chi connectivity index (χ0v) is 23.1. The summed E-state index contributed by atoms with van der Waals surface area (Å²) in [7, 11) is 0. The summed E-state index contributed by atoms with van der Waals surface area (Å²) >= 11 is 1.75. The highest BCUT2D eigenvalue weighted by atomic mass is 32.1. The number of fused-ring (bicyclic) bond motifs is 1. The average Bonchev–Trinajstić information content (AvgIpc) is 3.28. The molecule has 1 aliphatic rings. The highest BCUT2D eigenvalue weighted by molar-refractivity contribution is 7.10. The Labute approximate surface area is 215 Å². The molecule has 0 radical (unpaired) electrons. The second-order valence-corrected chi connectivity index (χ2v) is 11.8. The van der Waals surface area contributed by atoms with Crippen LogP contribution in [0.1, 0.15) is 82.3 Å². The molecule has 0 unspecified atom stereocenters. The van der Waals surface area contributed by atoms with E-state index in [9.17, 15) is 9.59 Å². The van der Waals surface area contributed by atoms with Crippen LogP contribution in [0.3, 0.4) is 0 Å². The summed E-state index contributed by atoms with van der Waals surface area (Å²) in [6.07, 6.45) is 2.22. The van der Waals surface area contributed by atoms with Crippen LogP contribution in [0.25, 0.3) is 0 Å². The zero-order valence-electron chi connectivity index (χ0n) is 22.3. The Morgan fingerprint density at radius 3 is 2.40 bits per heavy atom. The largest absolute Gasteiger partial charge is 0.491 e. The van der Waals surface area contributed by atoms with Gasteiger partial charge in [0, 0.05) is 24.4 Å². The van der Waals surface area contributed by atoms with Crippen LogP contribution in [-0.2, 0) is 16.0 Å². The summed E-state index contributed by atoms with van der Waals surface area (Å²) in [5.41, 5.74) is 2.45. The van der Waals surface area contributed by atoms with Crippen molar-refractivity contribution in [2.75, 3.05) is 26.2 Å². The standard InChI is InChI=1S/C29H42N2O3S/c1-20(2)11-14-30(28(32)17-21(3)4)18-29(33)31-15-12-27-25(13-16-35-27)26(31)19-34-24-9-7-23(8-10-24)22(5)6/h7-10,13,16,20-22,26H,11-12,14-15,17-19H2,1-6H3/t26-/m1/s1. The van der Waals surface area contributed by atoms with Gasteiger partial charge in [-0.2, -0.15) is 0 Å². The third-order valence-electron chi connectivity index (χ3n) is 6.61. The summed E-state index contributed by atoms with van der Waals surface area (Å²) in [5, 5.41) is 2.10. The van der Waals surface area contributed by atoms with Crippen molar-refractivity contribution < 1.29 is 14.3 Å². The van der Waals surface area contributed by atoms with Crippen LogP contribution in [0, 0.1) is 11.8 Å². The van der Waals surface area contributed by atoms with Crippen molar-refractivity contribution in [1.82, 2.24) is 9.80 Å². The van der Waals surface area contributed by atoms with Gasteiger partial charge >= 0.3 is 0 Å². The Morgan fingerprint density at radius 2 is 1.77 bits per heavy atom. The molecule has 3 rings (SSSR count). The molecule has 1 aromatic heterocycles. The molecule has 1 atom stereocenters. The SMILES string of the molecule is CC(C)CCN(CC(=O)N1CCc2sccc2[C@H]1COc1ccc(C(C)C)cc1)C(=O)CC(C)C. The fraction of sp³-hybridized carbons (Fsp3) is 0.586. The summed E-state index contributed by atoms with van der Waals surface area (Å²) in [6.45, 7) is 14.6. The van der Waals surface area contributed by atoms with Crippen LogP contribution in [0.4, 0.5) is 0 Å². The van der Waals surface area contributed by atoms with Crippen molar-refractivity contribution >= 4 is 23.2 Å². The van der Waals surface area contributed by atoms with Crippen molar-refractivity contribution in [3.8, 4) is 5.75 Å². The first-order valence-electron chi connectivity index (χ1n) is 13.0. The van der Waals surface area contributed by atoms with Gasteiger partial charge in [-0.25, -0.2) is 0 Å². The topological polar surface area (TPSA) is 49.9 Å². The molecule has 2 amide bonds. The van der Waals surface area contributed by atoms with Crippen LogP contribution < -0.4 is 4.74 Å². The van der Waals surface area contributed by atoms with Gasteiger partial charge in [-0.05, 0) is 65.3 Å². The Hall–Kier alpha value is -2.34. The van der Waals surface area contributed by atoms with E-state index >= 15 is 0 Å². The molecule has 2 heterocycles. The molecule has 0 saturated carbocycles. The number of carbonyl (C=O) groups is 2. The Balaban J connectivity index is 1.74. The third-order valence-corrected chi connectivity index (χ3v) is 7.60. The van der Waals surface area contributed by atoms with Crippen LogP contribution in [0.5, 0.6) is 5.75 Å². The number of amides is 2. The molecule has 0 bridgehead atoms. The van der Waals surface area contributed by atoms with Gasteiger partial charge < -0.3 is 14.5 Å². The van der Waals surface area contributed by atoms with E-state index < -0.39 is 0 Å². The van der Waals surface area contributed by atoms with Gasteiger partial charge in [-0.15, -0.1) is 11.3 Å². The molecule has 6 heteroatoms. The number of nitrogens with zero attached hydrogens (tertiary/aromatic N) is 2. The van der Waals surface area contributed by atoms with Gasteiger partial charge in [0.25, 0.3) is 0 Å². The lowest BCUT2D eigenvalue weighted by Gasteiger charge is -2.37. The molecule has 1 aliphatic heterocycles. The number of rotatable bonds is 11. The van der Waals surface area contributed by atoms with Crippen molar-refractivity contribution in [3.63, 3.8) is 0 Å². The van der Waals surface area contributed by atoms with Crippen molar-refractivity contribution in [2.24, 2.45) is 11.8 Å². The summed E-state index contributed by atoms with van der Waals surface area (Å²) < 4.78 is 6.20. The Bertz CT molecular complexity index is 965. The predicted octanol–water partition coefficient (Wildman–Crippen LogP) is 6.30. The van der Waals surface area contributed by atoms with Crippen molar-refractivity contribution in [3.05, 3.63) is 51.7 Å². The first kappa shape index (κ1) is 27.3. The van der Waals surface area contributed by atoms with Gasteiger partial charge in [-0.3, -0.25) is 9.59 Å². The molecule has 0 aliphatic carbocycles. The molecule has 2 aromatic rings. The predicted molar refractivity (Wildman–Crippen MR) is 144 cm³/mol. The summed E-state index contributed by atoms with van der Waals surface area (Å²) in [5.74, 6) is 2.11. The number of ether oxygens (including phenoxy) is 1. The number of hydrogen-bond acceptors (Lipinski definition) is 4. The highest BCUT2D eigenvalue weighted by Gasteiger charge is 2.33. The minimum atomic E-state index is -0.144. The monoisotopic (exact) mass is 498 g/mol. The van der Waals surface area contributed by atoms with E-state index in [0.29, 0.717) is 38.0 Å². The Morgan fingerprint density at radius 1 is 1.06 bits per heavy atom. The van der Waals surface area contributed by atoms with E-state index in [0.717, 1.165) is 18.6 Å². The molecule has 5 nitrogen and oxygen atoms in total. The van der Waals surface area contributed by atoms with Gasteiger partial charge in [-0.1, -0.05) is 53.7 Å². The minimum absolute atomic E-state index is 0.00599. The molecule has 35 heavy (non-hydrogen) atoms. The normalized spacial score (nSPS) is 15.6. The van der Waals surface area contributed by atoms with Gasteiger partial charge in [0.15, 0.2) is 0 Å². The second kappa shape index (κ2) is 12.6.